The van der Waals surface area contributed by atoms with Crippen molar-refractivity contribution in [3.63, 3.8) is 0 Å². The predicted molar refractivity (Wildman–Crippen MR) is 95.0 cm³/mol. The van der Waals surface area contributed by atoms with Crippen molar-refractivity contribution in [3.8, 4) is 11.3 Å². The van der Waals surface area contributed by atoms with E-state index in [2.05, 4.69) is 4.99 Å². The third-order valence-electron chi connectivity index (χ3n) is 3.53. The second-order valence-electron chi connectivity index (χ2n) is 5.13. The van der Waals surface area contributed by atoms with Crippen LogP contribution in [-0.2, 0) is 4.79 Å². The van der Waals surface area contributed by atoms with Gasteiger partial charge in [0.15, 0.2) is 5.17 Å². The zero-order valence-corrected chi connectivity index (χ0v) is 14.3. The van der Waals surface area contributed by atoms with E-state index in [-0.39, 0.29) is 11.7 Å². The van der Waals surface area contributed by atoms with Gasteiger partial charge in [0.05, 0.1) is 4.91 Å². The lowest BCUT2D eigenvalue weighted by Gasteiger charge is -2.11. The van der Waals surface area contributed by atoms with Gasteiger partial charge in [-0.2, -0.15) is 0 Å². The number of amidine groups is 1. The zero-order chi connectivity index (χ0) is 17.1. The summed E-state index contributed by atoms with van der Waals surface area (Å²) in [5.74, 6) is 0.864. The Morgan fingerprint density at radius 3 is 2.62 bits per heavy atom. The second-order valence-corrected chi connectivity index (χ2v) is 6.13. The van der Waals surface area contributed by atoms with Gasteiger partial charge < -0.3 is 4.42 Å². The number of benzene rings is 1. The van der Waals surface area contributed by atoms with Crippen molar-refractivity contribution in [1.82, 2.24) is 4.90 Å². The summed E-state index contributed by atoms with van der Waals surface area (Å²) in [7, 11) is 0. The summed E-state index contributed by atoms with van der Waals surface area (Å²) in [5.41, 5.74) is 0.787. The largest absolute Gasteiger partial charge is 0.457 e. The Labute approximate surface area is 144 Å². The molecule has 4 nitrogen and oxygen atoms in total. The van der Waals surface area contributed by atoms with Crippen LogP contribution < -0.4 is 0 Å². The lowest BCUT2D eigenvalue weighted by atomic mass is 10.2. The number of hydrogen-bond donors (Lipinski definition) is 0. The lowest BCUT2D eigenvalue weighted by Crippen LogP contribution is -2.28. The second kappa shape index (κ2) is 7.05. The number of halogens is 1. The molecular formula is C18H17FN2O2S. The highest BCUT2D eigenvalue weighted by molar-refractivity contribution is 8.18. The fraction of sp³-hybridized carbons (Fsp3) is 0.222. The zero-order valence-electron chi connectivity index (χ0n) is 13.5. The molecule has 1 saturated heterocycles. The molecule has 3 rings (SSSR count). The summed E-state index contributed by atoms with van der Waals surface area (Å²) < 4.78 is 18.8. The summed E-state index contributed by atoms with van der Waals surface area (Å²) in [5, 5.41) is 0.724. The molecule has 1 aliphatic rings. The Hall–Kier alpha value is -2.34. The number of amides is 1. The maximum absolute atomic E-state index is 13.0. The van der Waals surface area contributed by atoms with Crippen LogP contribution in [-0.4, -0.2) is 29.1 Å². The van der Waals surface area contributed by atoms with E-state index in [0.717, 1.165) is 10.7 Å². The van der Waals surface area contributed by atoms with Crippen LogP contribution in [0.15, 0.2) is 50.7 Å². The van der Waals surface area contributed by atoms with Crippen LogP contribution in [0.1, 0.15) is 19.6 Å². The average molecular weight is 344 g/mol. The summed E-state index contributed by atoms with van der Waals surface area (Å²) in [6.45, 7) is 5.08. The van der Waals surface area contributed by atoms with Crippen molar-refractivity contribution >= 4 is 28.9 Å². The van der Waals surface area contributed by atoms with E-state index in [1.807, 2.05) is 19.9 Å². The highest BCUT2D eigenvalue weighted by Gasteiger charge is 2.32. The highest BCUT2D eigenvalue weighted by Crippen LogP contribution is 2.33. The first-order valence-corrected chi connectivity index (χ1v) is 8.55. The third kappa shape index (κ3) is 3.28. The number of aliphatic imine (C=N–C) groups is 1. The molecule has 24 heavy (non-hydrogen) atoms. The summed E-state index contributed by atoms with van der Waals surface area (Å²) >= 11 is 1.36. The van der Waals surface area contributed by atoms with Gasteiger partial charge >= 0.3 is 0 Å². The van der Waals surface area contributed by atoms with Crippen LogP contribution in [0.25, 0.3) is 17.4 Å². The SMILES string of the molecule is CCN=C1SC(=Cc2ccc(-c3ccc(F)cc3)o2)C(=O)N1CC. The van der Waals surface area contributed by atoms with Crippen LogP contribution in [0, 0.1) is 5.82 Å². The number of hydrogen-bond acceptors (Lipinski definition) is 4. The van der Waals surface area contributed by atoms with Gasteiger partial charge in [-0.25, -0.2) is 4.39 Å². The van der Waals surface area contributed by atoms with E-state index in [0.29, 0.717) is 29.5 Å². The first-order valence-electron chi connectivity index (χ1n) is 7.74. The van der Waals surface area contributed by atoms with E-state index >= 15 is 0 Å². The van der Waals surface area contributed by atoms with Crippen LogP contribution in [0.3, 0.4) is 0 Å². The molecule has 0 aliphatic carbocycles. The third-order valence-corrected chi connectivity index (χ3v) is 4.57. The molecule has 0 atom stereocenters. The van der Waals surface area contributed by atoms with Gasteiger partial charge in [-0.05, 0) is 62.0 Å². The van der Waals surface area contributed by atoms with Crippen LogP contribution in [0.4, 0.5) is 4.39 Å². The Morgan fingerprint density at radius 1 is 1.21 bits per heavy atom. The molecule has 0 bridgehead atoms. The molecule has 0 N–H and O–H groups in total. The topological polar surface area (TPSA) is 45.8 Å². The predicted octanol–water partition coefficient (Wildman–Crippen LogP) is 4.40. The van der Waals surface area contributed by atoms with Crippen molar-refractivity contribution in [2.24, 2.45) is 4.99 Å². The Balaban J connectivity index is 1.86. The number of carbonyl (C=O) groups is 1. The number of furan rings is 1. The molecule has 124 valence electrons. The first kappa shape index (κ1) is 16.5. The van der Waals surface area contributed by atoms with Gasteiger partial charge in [-0.1, -0.05) is 0 Å². The summed E-state index contributed by atoms with van der Waals surface area (Å²) in [6, 6.07) is 9.70. The standard InChI is InChI=1S/C18H17FN2O2S/c1-3-20-18-21(4-2)17(22)16(24-18)11-14-9-10-15(23-14)12-5-7-13(19)8-6-12/h5-11H,3-4H2,1-2H3. The van der Waals surface area contributed by atoms with E-state index in [9.17, 15) is 9.18 Å². The number of thioether (sulfide) groups is 1. The lowest BCUT2D eigenvalue weighted by molar-refractivity contribution is -0.122. The molecule has 1 amide bonds. The molecule has 2 heterocycles. The molecule has 1 aromatic carbocycles. The maximum Gasteiger partial charge on any atom is 0.266 e. The average Bonchev–Trinajstić information content (AvgIpc) is 3.14. The quantitative estimate of drug-likeness (QED) is 0.773. The molecule has 0 saturated carbocycles. The van der Waals surface area contributed by atoms with E-state index in [1.165, 1.54) is 23.9 Å². The summed E-state index contributed by atoms with van der Waals surface area (Å²) in [6.07, 6.45) is 1.72. The number of likely N-dealkylation sites (N-methyl/N-ethyl adjacent to an activating group) is 1. The Kier molecular flexibility index (Phi) is 4.85. The monoisotopic (exact) mass is 344 g/mol. The fourth-order valence-corrected chi connectivity index (χ4v) is 3.45. The van der Waals surface area contributed by atoms with Crippen LogP contribution in [0.2, 0.25) is 0 Å². The maximum atomic E-state index is 13.0. The van der Waals surface area contributed by atoms with Gasteiger partial charge in [0.1, 0.15) is 17.3 Å². The molecule has 1 fully saturated rings. The van der Waals surface area contributed by atoms with Crippen molar-refractivity contribution in [1.29, 1.82) is 0 Å². The Bertz CT molecular complexity index is 809. The molecule has 1 aromatic heterocycles. The highest BCUT2D eigenvalue weighted by atomic mass is 32.2. The van der Waals surface area contributed by atoms with Crippen molar-refractivity contribution < 1.29 is 13.6 Å². The number of rotatable bonds is 4. The minimum absolute atomic E-state index is 0.0607. The van der Waals surface area contributed by atoms with E-state index in [4.69, 9.17) is 4.42 Å². The molecule has 6 heteroatoms. The van der Waals surface area contributed by atoms with Gasteiger partial charge in [-0.3, -0.25) is 14.7 Å². The van der Waals surface area contributed by atoms with Gasteiger partial charge in [-0.15, -0.1) is 0 Å². The van der Waals surface area contributed by atoms with Crippen molar-refractivity contribution in [2.45, 2.75) is 13.8 Å². The van der Waals surface area contributed by atoms with E-state index < -0.39 is 0 Å². The van der Waals surface area contributed by atoms with Gasteiger partial charge in [0.2, 0.25) is 0 Å². The van der Waals surface area contributed by atoms with E-state index in [1.54, 1.807) is 29.2 Å². The Morgan fingerprint density at radius 2 is 1.96 bits per heavy atom. The molecular weight excluding hydrogens is 327 g/mol. The smallest absolute Gasteiger partial charge is 0.266 e. The van der Waals surface area contributed by atoms with Crippen molar-refractivity contribution in [3.05, 3.63) is 52.9 Å². The minimum atomic E-state index is -0.289. The number of carbonyl (C=O) groups excluding carboxylic acids is 1. The van der Waals surface area contributed by atoms with Crippen molar-refractivity contribution in [2.75, 3.05) is 13.1 Å². The van der Waals surface area contributed by atoms with Gasteiger partial charge in [0, 0.05) is 24.7 Å². The van der Waals surface area contributed by atoms with Crippen LogP contribution >= 0.6 is 11.8 Å². The summed E-state index contributed by atoms with van der Waals surface area (Å²) in [4.78, 5) is 19.0. The van der Waals surface area contributed by atoms with Crippen LogP contribution in [0.5, 0.6) is 0 Å². The molecule has 0 radical (unpaired) electrons. The molecule has 0 unspecified atom stereocenters. The molecule has 1 aliphatic heterocycles. The molecule has 0 spiro atoms. The number of nitrogens with zero attached hydrogens (tertiary/aromatic N) is 2. The first-order chi connectivity index (χ1) is 11.6. The minimum Gasteiger partial charge on any atom is -0.457 e. The molecule has 2 aromatic rings. The fourth-order valence-electron chi connectivity index (χ4n) is 2.37. The van der Waals surface area contributed by atoms with Gasteiger partial charge in [0.25, 0.3) is 5.91 Å². The normalized spacial score (nSPS) is 18.1.